The van der Waals surface area contributed by atoms with Crippen molar-refractivity contribution in [1.82, 2.24) is 0 Å². The Bertz CT molecular complexity index is 1030. The first-order chi connectivity index (χ1) is 13.6. The van der Waals surface area contributed by atoms with E-state index >= 15 is 0 Å². The Morgan fingerprint density at radius 2 is 1.61 bits per heavy atom. The summed E-state index contributed by atoms with van der Waals surface area (Å²) in [5.74, 6) is -0.244. The molecule has 0 aliphatic rings. The second-order valence-electron chi connectivity index (χ2n) is 6.66. The van der Waals surface area contributed by atoms with E-state index in [1.807, 2.05) is 80.6 Å². The molecule has 0 aliphatic heterocycles. The van der Waals surface area contributed by atoms with E-state index in [1.54, 1.807) is 18.2 Å². The summed E-state index contributed by atoms with van der Waals surface area (Å²) >= 11 is 0. The van der Waals surface area contributed by atoms with Crippen LogP contribution < -0.4 is 5.32 Å². The summed E-state index contributed by atoms with van der Waals surface area (Å²) in [5.41, 5.74) is 4.55. The maximum atomic E-state index is 12.9. The van der Waals surface area contributed by atoms with Crippen molar-refractivity contribution in [1.29, 1.82) is 0 Å². The molecule has 0 aromatic heterocycles. The summed E-state index contributed by atoms with van der Waals surface area (Å²) in [6.07, 6.45) is 4.25. The van der Waals surface area contributed by atoms with Crippen molar-refractivity contribution in [3.05, 3.63) is 107 Å². The van der Waals surface area contributed by atoms with Crippen LogP contribution in [0.3, 0.4) is 0 Å². The van der Waals surface area contributed by atoms with Crippen molar-refractivity contribution in [2.24, 2.45) is 0 Å². The van der Waals surface area contributed by atoms with E-state index in [-0.39, 0.29) is 18.1 Å². The molecule has 0 saturated heterocycles. The lowest BCUT2D eigenvalue weighted by atomic mass is 9.99. The van der Waals surface area contributed by atoms with Gasteiger partial charge >= 0.3 is 0 Å². The molecule has 0 unspecified atom stereocenters. The summed E-state index contributed by atoms with van der Waals surface area (Å²) in [6, 6.07) is 22.4. The van der Waals surface area contributed by atoms with Crippen LogP contribution in [0.25, 0.3) is 6.08 Å². The monoisotopic (exact) mass is 369 g/mol. The smallest absolute Gasteiger partial charge is 0.255 e. The minimum Gasteiger partial charge on any atom is -0.321 e. The molecular weight excluding hydrogens is 346 g/mol. The molecule has 0 fully saturated rings. The van der Waals surface area contributed by atoms with Crippen LogP contribution in [0.2, 0.25) is 0 Å². The van der Waals surface area contributed by atoms with E-state index in [0.717, 1.165) is 16.7 Å². The topological polar surface area (TPSA) is 46.2 Å². The number of hydrogen-bond acceptors (Lipinski definition) is 2. The number of rotatable bonds is 6. The summed E-state index contributed by atoms with van der Waals surface area (Å²) in [7, 11) is 0. The number of anilines is 1. The van der Waals surface area contributed by atoms with Gasteiger partial charge in [-0.2, -0.15) is 0 Å². The number of aryl methyl sites for hydroxylation is 1. The number of benzene rings is 3. The molecule has 28 heavy (non-hydrogen) atoms. The average molecular weight is 369 g/mol. The first-order valence-electron chi connectivity index (χ1n) is 9.29. The molecule has 0 aliphatic carbocycles. The Labute approximate surface area is 165 Å². The Balaban J connectivity index is 1.82. The number of carbonyl (C=O) groups is 2. The number of nitrogens with one attached hydrogen (secondary N) is 1. The zero-order valence-electron chi connectivity index (χ0n) is 16.1. The minimum absolute atomic E-state index is 0.0293. The predicted molar refractivity (Wildman–Crippen MR) is 115 cm³/mol. The largest absolute Gasteiger partial charge is 0.321 e. The van der Waals surface area contributed by atoms with Gasteiger partial charge in [-0.3, -0.25) is 9.59 Å². The van der Waals surface area contributed by atoms with Crippen molar-refractivity contribution in [2.45, 2.75) is 20.3 Å². The maximum absolute atomic E-state index is 12.9. The fraction of sp³-hybridized carbons (Fsp3) is 0.120. The van der Waals surface area contributed by atoms with Gasteiger partial charge in [-0.1, -0.05) is 66.7 Å². The molecule has 0 spiro atoms. The Hall–Kier alpha value is -3.46. The molecule has 1 amide bonds. The van der Waals surface area contributed by atoms with Crippen LogP contribution in [0, 0.1) is 6.92 Å². The van der Waals surface area contributed by atoms with Gasteiger partial charge in [0.15, 0.2) is 5.78 Å². The number of amides is 1. The van der Waals surface area contributed by atoms with E-state index in [2.05, 4.69) is 5.32 Å². The van der Waals surface area contributed by atoms with E-state index in [9.17, 15) is 9.59 Å². The van der Waals surface area contributed by atoms with Gasteiger partial charge < -0.3 is 5.32 Å². The maximum Gasteiger partial charge on any atom is 0.255 e. The van der Waals surface area contributed by atoms with Crippen molar-refractivity contribution in [3.8, 4) is 0 Å². The normalized spacial score (nSPS) is 10.8. The van der Waals surface area contributed by atoms with Gasteiger partial charge in [0.25, 0.3) is 5.91 Å². The zero-order valence-corrected chi connectivity index (χ0v) is 16.1. The zero-order chi connectivity index (χ0) is 19.9. The lowest BCUT2D eigenvalue weighted by molar-refractivity contribution is 0.0994. The molecule has 3 aromatic carbocycles. The van der Waals surface area contributed by atoms with Crippen LogP contribution in [0.4, 0.5) is 5.69 Å². The molecule has 3 rings (SSSR count). The third kappa shape index (κ3) is 4.63. The molecule has 0 saturated carbocycles. The van der Waals surface area contributed by atoms with E-state index in [1.165, 1.54) is 0 Å². The van der Waals surface area contributed by atoms with Crippen LogP contribution >= 0.6 is 0 Å². The highest BCUT2D eigenvalue weighted by Gasteiger charge is 2.15. The molecule has 0 atom stereocenters. The van der Waals surface area contributed by atoms with Crippen molar-refractivity contribution in [2.75, 3.05) is 5.32 Å². The predicted octanol–water partition coefficient (Wildman–Crippen LogP) is 5.71. The number of carbonyl (C=O) groups excluding carboxylic acids is 2. The first-order valence-corrected chi connectivity index (χ1v) is 9.29. The van der Waals surface area contributed by atoms with Crippen molar-refractivity contribution < 1.29 is 9.59 Å². The van der Waals surface area contributed by atoms with Crippen LogP contribution in [-0.2, 0) is 6.42 Å². The molecule has 0 radical (unpaired) electrons. The molecule has 1 N–H and O–H groups in total. The van der Waals surface area contributed by atoms with Crippen molar-refractivity contribution in [3.63, 3.8) is 0 Å². The molecule has 0 bridgehead atoms. The number of Topliss-reactive ketones (excluding diaryl/α,β-unsaturated/α-hetero) is 1. The van der Waals surface area contributed by atoms with Crippen LogP contribution in [0.5, 0.6) is 0 Å². The second kappa shape index (κ2) is 8.96. The van der Waals surface area contributed by atoms with Crippen LogP contribution in [0.1, 0.15) is 44.3 Å². The van der Waals surface area contributed by atoms with Gasteiger partial charge in [-0.25, -0.2) is 0 Å². The summed E-state index contributed by atoms with van der Waals surface area (Å²) in [6.45, 7) is 3.86. The SMILES string of the molecule is C/C=C/c1cccc(CC(=O)c2ccccc2NC(=O)c2ccccc2C)c1. The van der Waals surface area contributed by atoms with Gasteiger partial charge in [0, 0.05) is 17.5 Å². The molecule has 0 heterocycles. The number of allylic oxidation sites excluding steroid dienone is 1. The van der Waals surface area contributed by atoms with Gasteiger partial charge in [0.2, 0.25) is 0 Å². The Kier molecular flexibility index (Phi) is 6.18. The Morgan fingerprint density at radius 3 is 2.36 bits per heavy atom. The van der Waals surface area contributed by atoms with Crippen molar-refractivity contribution >= 4 is 23.5 Å². The summed E-state index contributed by atoms with van der Waals surface area (Å²) in [4.78, 5) is 25.6. The quantitative estimate of drug-likeness (QED) is 0.566. The van der Waals surface area contributed by atoms with E-state index in [0.29, 0.717) is 16.8 Å². The second-order valence-corrected chi connectivity index (χ2v) is 6.66. The van der Waals surface area contributed by atoms with Gasteiger partial charge in [-0.05, 0) is 48.7 Å². The van der Waals surface area contributed by atoms with Gasteiger partial charge in [0.05, 0.1) is 5.69 Å². The lowest BCUT2D eigenvalue weighted by Gasteiger charge is -2.12. The molecule has 3 heteroatoms. The molecule has 3 nitrogen and oxygen atoms in total. The van der Waals surface area contributed by atoms with Crippen LogP contribution in [0.15, 0.2) is 78.9 Å². The number of para-hydroxylation sites is 1. The van der Waals surface area contributed by atoms with Crippen LogP contribution in [-0.4, -0.2) is 11.7 Å². The standard InChI is InChI=1S/C25H23NO2/c1-3-9-19-11-8-12-20(16-19)17-24(27)22-14-6-7-15-23(22)26-25(28)21-13-5-4-10-18(21)2/h3-16H,17H2,1-2H3,(H,26,28)/b9-3+. The highest BCUT2D eigenvalue weighted by Crippen LogP contribution is 2.20. The molecular formula is C25H23NO2. The highest BCUT2D eigenvalue weighted by atomic mass is 16.1. The fourth-order valence-electron chi connectivity index (χ4n) is 3.13. The van der Waals surface area contributed by atoms with Gasteiger partial charge in [-0.15, -0.1) is 0 Å². The number of hydrogen-bond donors (Lipinski definition) is 1. The number of ketones is 1. The fourth-order valence-corrected chi connectivity index (χ4v) is 3.13. The average Bonchev–Trinajstić information content (AvgIpc) is 2.69. The molecule has 3 aromatic rings. The van der Waals surface area contributed by atoms with E-state index < -0.39 is 0 Å². The molecule has 140 valence electrons. The first kappa shape index (κ1) is 19.3. The van der Waals surface area contributed by atoms with Gasteiger partial charge in [0.1, 0.15) is 0 Å². The third-order valence-electron chi connectivity index (χ3n) is 4.54. The summed E-state index contributed by atoms with van der Waals surface area (Å²) < 4.78 is 0. The minimum atomic E-state index is -0.214. The third-order valence-corrected chi connectivity index (χ3v) is 4.54. The van der Waals surface area contributed by atoms with E-state index in [4.69, 9.17) is 0 Å². The highest BCUT2D eigenvalue weighted by molar-refractivity contribution is 6.10. The lowest BCUT2D eigenvalue weighted by Crippen LogP contribution is -2.16. The summed E-state index contributed by atoms with van der Waals surface area (Å²) in [5, 5.41) is 2.90. The Morgan fingerprint density at radius 1 is 0.893 bits per heavy atom.